The highest BCUT2D eigenvalue weighted by Crippen LogP contribution is 2.14. The van der Waals surface area contributed by atoms with Crippen molar-refractivity contribution >= 4 is 0 Å². The third-order valence-corrected chi connectivity index (χ3v) is 2.50. The number of hydrogen-bond acceptors (Lipinski definition) is 2. The van der Waals surface area contributed by atoms with Crippen LogP contribution in [0.1, 0.15) is 37.8 Å². The molecule has 0 aromatic heterocycles. The average Bonchev–Trinajstić information content (AvgIpc) is 2.18. The third kappa shape index (κ3) is 4.45. The van der Waals surface area contributed by atoms with Crippen LogP contribution in [0.25, 0.3) is 0 Å². The maximum atomic E-state index is 9.04. The maximum absolute atomic E-state index is 9.04. The minimum atomic E-state index is -0.417. The van der Waals surface area contributed by atoms with Gasteiger partial charge in [-0.2, -0.15) is 0 Å². The highest BCUT2D eigenvalue weighted by molar-refractivity contribution is 5.24. The van der Waals surface area contributed by atoms with Gasteiger partial charge in [-0.1, -0.05) is 38.1 Å². The Labute approximate surface area is 92.3 Å². The number of benzene rings is 1. The molecule has 84 valence electrons. The molecule has 2 N–H and O–H groups in total. The highest BCUT2D eigenvalue weighted by atomic mass is 16.3. The highest BCUT2D eigenvalue weighted by Gasteiger charge is 1.99. The first-order chi connectivity index (χ1) is 7.09. The number of aliphatic hydroxyl groups is 1. The van der Waals surface area contributed by atoms with E-state index in [0.29, 0.717) is 5.92 Å². The standard InChI is InChI=1S/C13H21NO/c1-10(2)13-6-4-12(5-7-13)8-9-14-11(3)15/h4-7,10-11,14-15H,8-9H2,1-3H3. The van der Waals surface area contributed by atoms with Crippen LogP contribution in [0.2, 0.25) is 0 Å². The summed E-state index contributed by atoms with van der Waals surface area (Å²) in [6, 6.07) is 8.70. The molecule has 0 spiro atoms. The topological polar surface area (TPSA) is 32.3 Å². The normalized spacial score (nSPS) is 13.1. The second kappa shape index (κ2) is 5.89. The van der Waals surface area contributed by atoms with E-state index in [-0.39, 0.29) is 0 Å². The Morgan fingerprint density at radius 3 is 2.20 bits per heavy atom. The first kappa shape index (κ1) is 12.2. The van der Waals surface area contributed by atoms with Crippen molar-refractivity contribution in [3.8, 4) is 0 Å². The lowest BCUT2D eigenvalue weighted by atomic mass is 10.0. The van der Waals surface area contributed by atoms with Gasteiger partial charge in [0.2, 0.25) is 0 Å². The van der Waals surface area contributed by atoms with E-state index in [4.69, 9.17) is 5.11 Å². The SMILES string of the molecule is CC(O)NCCc1ccc(C(C)C)cc1. The molecule has 0 saturated carbocycles. The summed E-state index contributed by atoms with van der Waals surface area (Å²) in [6.45, 7) is 6.95. The van der Waals surface area contributed by atoms with E-state index in [1.165, 1.54) is 11.1 Å². The van der Waals surface area contributed by atoms with Gasteiger partial charge in [-0.05, 0) is 30.4 Å². The summed E-state index contributed by atoms with van der Waals surface area (Å²) in [5.74, 6) is 0.592. The molecule has 0 amide bonds. The van der Waals surface area contributed by atoms with E-state index in [1.54, 1.807) is 6.92 Å². The Kier molecular flexibility index (Phi) is 4.79. The van der Waals surface area contributed by atoms with Gasteiger partial charge in [0.05, 0.1) is 0 Å². The Balaban J connectivity index is 2.43. The Morgan fingerprint density at radius 1 is 1.13 bits per heavy atom. The Hall–Kier alpha value is -0.860. The lowest BCUT2D eigenvalue weighted by Gasteiger charge is -2.09. The molecule has 1 aromatic rings. The molecule has 1 unspecified atom stereocenters. The van der Waals surface area contributed by atoms with Crippen molar-refractivity contribution in [3.63, 3.8) is 0 Å². The minimum Gasteiger partial charge on any atom is -0.379 e. The van der Waals surface area contributed by atoms with E-state index < -0.39 is 6.23 Å². The van der Waals surface area contributed by atoms with Crippen LogP contribution in [-0.2, 0) is 6.42 Å². The van der Waals surface area contributed by atoms with Gasteiger partial charge in [-0.3, -0.25) is 5.32 Å². The third-order valence-electron chi connectivity index (χ3n) is 2.50. The molecule has 0 saturated heterocycles. The maximum Gasteiger partial charge on any atom is 0.102 e. The van der Waals surface area contributed by atoms with E-state index in [9.17, 15) is 0 Å². The molecule has 2 heteroatoms. The van der Waals surface area contributed by atoms with Crippen LogP contribution in [0, 0.1) is 0 Å². The van der Waals surface area contributed by atoms with Crippen molar-refractivity contribution in [3.05, 3.63) is 35.4 Å². The lowest BCUT2D eigenvalue weighted by molar-refractivity contribution is 0.157. The average molecular weight is 207 g/mol. The summed E-state index contributed by atoms with van der Waals surface area (Å²) in [4.78, 5) is 0. The molecule has 0 aliphatic carbocycles. The van der Waals surface area contributed by atoms with Crippen molar-refractivity contribution in [2.24, 2.45) is 0 Å². The van der Waals surface area contributed by atoms with Crippen molar-refractivity contribution in [1.29, 1.82) is 0 Å². The summed E-state index contributed by atoms with van der Waals surface area (Å²) < 4.78 is 0. The fourth-order valence-electron chi connectivity index (χ4n) is 1.49. The van der Waals surface area contributed by atoms with E-state index in [1.807, 2.05) is 0 Å². The molecule has 0 fully saturated rings. The number of aliphatic hydroxyl groups excluding tert-OH is 1. The summed E-state index contributed by atoms with van der Waals surface area (Å²) >= 11 is 0. The van der Waals surface area contributed by atoms with Crippen LogP contribution in [0.4, 0.5) is 0 Å². The van der Waals surface area contributed by atoms with Gasteiger partial charge in [0.15, 0.2) is 0 Å². The van der Waals surface area contributed by atoms with Gasteiger partial charge >= 0.3 is 0 Å². The van der Waals surface area contributed by atoms with Crippen molar-refractivity contribution in [2.75, 3.05) is 6.54 Å². The fourth-order valence-corrected chi connectivity index (χ4v) is 1.49. The molecular weight excluding hydrogens is 186 g/mol. The summed E-state index contributed by atoms with van der Waals surface area (Å²) in [5.41, 5.74) is 2.69. The van der Waals surface area contributed by atoms with Crippen LogP contribution in [0.5, 0.6) is 0 Å². The monoisotopic (exact) mass is 207 g/mol. The zero-order valence-corrected chi connectivity index (χ0v) is 9.83. The van der Waals surface area contributed by atoms with Gasteiger partial charge in [-0.15, -0.1) is 0 Å². The minimum absolute atomic E-state index is 0.417. The summed E-state index contributed by atoms with van der Waals surface area (Å²) in [5, 5.41) is 12.0. The Bertz CT molecular complexity index is 277. The van der Waals surface area contributed by atoms with Crippen molar-refractivity contribution in [2.45, 2.75) is 39.3 Å². The molecule has 1 rings (SSSR count). The van der Waals surface area contributed by atoms with E-state index >= 15 is 0 Å². The molecular formula is C13H21NO. The molecule has 1 aromatic carbocycles. The number of rotatable bonds is 5. The molecule has 0 bridgehead atoms. The lowest BCUT2D eigenvalue weighted by Crippen LogP contribution is -2.27. The Morgan fingerprint density at radius 2 is 1.73 bits per heavy atom. The molecule has 0 heterocycles. The molecule has 0 aliphatic heterocycles. The second-order valence-corrected chi connectivity index (χ2v) is 4.28. The van der Waals surface area contributed by atoms with Crippen molar-refractivity contribution in [1.82, 2.24) is 5.32 Å². The van der Waals surface area contributed by atoms with Crippen LogP contribution >= 0.6 is 0 Å². The summed E-state index contributed by atoms with van der Waals surface area (Å²) in [6.07, 6.45) is 0.545. The smallest absolute Gasteiger partial charge is 0.102 e. The summed E-state index contributed by atoms with van der Waals surface area (Å²) in [7, 11) is 0. The second-order valence-electron chi connectivity index (χ2n) is 4.28. The predicted molar refractivity (Wildman–Crippen MR) is 63.9 cm³/mol. The van der Waals surface area contributed by atoms with Gasteiger partial charge in [-0.25, -0.2) is 0 Å². The van der Waals surface area contributed by atoms with Crippen LogP contribution in [0.3, 0.4) is 0 Å². The van der Waals surface area contributed by atoms with Gasteiger partial charge in [0, 0.05) is 6.54 Å². The van der Waals surface area contributed by atoms with Gasteiger partial charge in [0.1, 0.15) is 6.23 Å². The first-order valence-electron chi connectivity index (χ1n) is 5.60. The first-order valence-corrected chi connectivity index (χ1v) is 5.60. The van der Waals surface area contributed by atoms with Gasteiger partial charge < -0.3 is 5.11 Å². The zero-order chi connectivity index (χ0) is 11.3. The molecule has 2 nitrogen and oxygen atoms in total. The van der Waals surface area contributed by atoms with Crippen LogP contribution in [-0.4, -0.2) is 17.9 Å². The van der Waals surface area contributed by atoms with Gasteiger partial charge in [0.25, 0.3) is 0 Å². The van der Waals surface area contributed by atoms with E-state index in [0.717, 1.165) is 13.0 Å². The van der Waals surface area contributed by atoms with Crippen molar-refractivity contribution < 1.29 is 5.11 Å². The molecule has 0 aliphatic rings. The largest absolute Gasteiger partial charge is 0.379 e. The fraction of sp³-hybridized carbons (Fsp3) is 0.538. The number of nitrogens with one attached hydrogen (secondary N) is 1. The predicted octanol–water partition coefficient (Wildman–Crippen LogP) is 2.28. The molecule has 15 heavy (non-hydrogen) atoms. The quantitative estimate of drug-likeness (QED) is 0.726. The van der Waals surface area contributed by atoms with E-state index in [2.05, 4.69) is 43.4 Å². The number of hydrogen-bond donors (Lipinski definition) is 2. The molecule has 1 atom stereocenters. The van der Waals surface area contributed by atoms with Crippen LogP contribution < -0.4 is 5.32 Å². The van der Waals surface area contributed by atoms with Crippen LogP contribution in [0.15, 0.2) is 24.3 Å². The molecule has 0 radical (unpaired) electrons. The zero-order valence-electron chi connectivity index (χ0n) is 9.83.